The predicted octanol–water partition coefficient (Wildman–Crippen LogP) is 2.68. The summed E-state index contributed by atoms with van der Waals surface area (Å²) in [4.78, 5) is 11.0. The van der Waals surface area contributed by atoms with Gasteiger partial charge in [0.2, 0.25) is 0 Å². The maximum atomic E-state index is 11.0. The minimum absolute atomic E-state index is 0.268. The number of hydrogen-bond donors (Lipinski definition) is 2. The van der Waals surface area contributed by atoms with Crippen LogP contribution in [0.4, 0.5) is 4.79 Å². The maximum Gasteiger partial charge on any atom is 0.407 e. The number of hydrogen-bond acceptors (Lipinski definition) is 3. The first-order valence-corrected chi connectivity index (χ1v) is 6.79. The second kappa shape index (κ2) is 9.28. The zero-order valence-electron chi connectivity index (χ0n) is 11.8. The van der Waals surface area contributed by atoms with Gasteiger partial charge in [0.15, 0.2) is 0 Å². The smallest absolute Gasteiger partial charge is 0.407 e. The number of rotatable bonds is 9. The summed E-state index contributed by atoms with van der Waals surface area (Å²) in [5.41, 5.74) is 0.268. The molecule has 0 aromatic rings. The highest BCUT2D eigenvalue weighted by molar-refractivity contribution is 5.66. The lowest BCUT2D eigenvalue weighted by molar-refractivity contribution is 0.152. The van der Waals surface area contributed by atoms with E-state index >= 15 is 0 Å². The summed E-state index contributed by atoms with van der Waals surface area (Å²) in [5, 5.41) is 6.32. The Morgan fingerprint density at radius 1 is 1.06 bits per heavy atom. The molecule has 0 aliphatic carbocycles. The number of carbonyl (C=O) groups excluding carboxylic acids is 1. The van der Waals surface area contributed by atoms with Crippen molar-refractivity contribution in [3.05, 3.63) is 0 Å². The fraction of sp³-hybridized carbons (Fsp3) is 0.923. The van der Waals surface area contributed by atoms with Crippen molar-refractivity contribution in [1.29, 1.82) is 0 Å². The third-order valence-electron chi connectivity index (χ3n) is 3.43. The van der Waals surface area contributed by atoms with Crippen molar-refractivity contribution < 1.29 is 9.53 Å². The van der Waals surface area contributed by atoms with Gasteiger partial charge in [-0.3, -0.25) is 0 Å². The largest absolute Gasteiger partial charge is 0.450 e. The first-order valence-electron chi connectivity index (χ1n) is 6.79. The van der Waals surface area contributed by atoms with E-state index in [1.807, 2.05) is 0 Å². The number of alkyl carbamates (subject to hydrolysis) is 1. The minimum Gasteiger partial charge on any atom is -0.450 e. The lowest BCUT2D eigenvalue weighted by Crippen LogP contribution is -2.44. The van der Waals surface area contributed by atoms with Gasteiger partial charge in [0.05, 0.1) is 6.61 Å². The molecule has 0 radical (unpaired) electrons. The van der Waals surface area contributed by atoms with E-state index in [0.29, 0.717) is 13.2 Å². The molecule has 1 amide bonds. The van der Waals surface area contributed by atoms with Crippen molar-refractivity contribution in [1.82, 2.24) is 10.6 Å². The summed E-state index contributed by atoms with van der Waals surface area (Å²) in [7, 11) is 0. The van der Waals surface area contributed by atoms with Crippen molar-refractivity contribution in [2.24, 2.45) is 0 Å². The summed E-state index contributed by atoms with van der Waals surface area (Å²) < 4.78 is 4.78. The molecule has 0 heterocycles. The third-order valence-corrected chi connectivity index (χ3v) is 3.43. The topological polar surface area (TPSA) is 50.4 Å². The van der Waals surface area contributed by atoms with Gasteiger partial charge in [-0.1, -0.05) is 20.8 Å². The number of nitrogens with one attached hydrogen (secondary N) is 2. The van der Waals surface area contributed by atoms with Gasteiger partial charge < -0.3 is 15.4 Å². The first-order chi connectivity index (χ1) is 8.14. The lowest BCUT2D eigenvalue weighted by Gasteiger charge is -2.32. The first kappa shape index (κ1) is 16.2. The van der Waals surface area contributed by atoms with Crippen molar-refractivity contribution in [3.63, 3.8) is 0 Å². The van der Waals surface area contributed by atoms with Crippen LogP contribution < -0.4 is 10.6 Å². The lowest BCUT2D eigenvalue weighted by atomic mass is 9.90. The van der Waals surface area contributed by atoms with Crippen molar-refractivity contribution in [3.8, 4) is 0 Å². The van der Waals surface area contributed by atoms with E-state index < -0.39 is 0 Å². The van der Waals surface area contributed by atoms with E-state index in [4.69, 9.17) is 4.74 Å². The highest BCUT2D eigenvalue weighted by Gasteiger charge is 2.21. The van der Waals surface area contributed by atoms with Crippen molar-refractivity contribution in [2.45, 2.75) is 58.9 Å². The van der Waals surface area contributed by atoms with E-state index in [1.165, 1.54) is 0 Å². The van der Waals surface area contributed by atoms with E-state index in [-0.39, 0.29) is 11.6 Å². The Labute approximate surface area is 105 Å². The van der Waals surface area contributed by atoms with Crippen LogP contribution in [0.15, 0.2) is 0 Å². The van der Waals surface area contributed by atoms with Gasteiger partial charge in [0, 0.05) is 12.1 Å². The summed E-state index contributed by atoms with van der Waals surface area (Å²) >= 11 is 0. The van der Waals surface area contributed by atoms with Gasteiger partial charge in [-0.05, 0) is 39.2 Å². The van der Waals surface area contributed by atoms with Gasteiger partial charge in [0.1, 0.15) is 0 Å². The van der Waals surface area contributed by atoms with E-state index in [2.05, 4.69) is 31.4 Å². The highest BCUT2D eigenvalue weighted by atomic mass is 16.5. The van der Waals surface area contributed by atoms with Gasteiger partial charge >= 0.3 is 6.09 Å². The van der Waals surface area contributed by atoms with Gasteiger partial charge in [0.25, 0.3) is 0 Å². The fourth-order valence-corrected chi connectivity index (χ4v) is 1.94. The van der Waals surface area contributed by atoms with Crippen LogP contribution in [0.2, 0.25) is 0 Å². The molecule has 0 aliphatic heterocycles. The molecule has 0 bridgehead atoms. The second-order valence-corrected chi connectivity index (χ2v) is 4.27. The molecular weight excluding hydrogens is 216 g/mol. The highest BCUT2D eigenvalue weighted by Crippen LogP contribution is 2.18. The third kappa shape index (κ3) is 6.51. The number of ether oxygens (including phenoxy) is 1. The SMILES string of the molecule is CCOC(=O)NCCCNC(CC)(CC)CC. The van der Waals surface area contributed by atoms with Crippen molar-refractivity contribution >= 4 is 6.09 Å². The maximum absolute atomic E-state index is 11.0. The summed E-state index contributed by atoms with van der Waals surface area (Å²) in [6.07, 6.45) is 4.04. The van der Waals surface area contributed by atoms with Crippen LogP contribution in [0.25, 0.3) is 0 Å². The molecule has 4 nitrogen and oxygen atoms in total. The molecule has 102 valence electrons. The van der Waals surface area contributed by atoms with Crippen LogP contribution in [-0.2, 0) is 4.74 Å². The molecule has 0 fully saturated rings. The molecule has 2 N–H and O–H groups in total. The van der Waals surface area contributed by atoms with Gasteiger partial charge in [-0.2, -0.15) is 0 Å². The molecule has 0 aliphatic rings. The van der Waals surface area contributed by atoms with E-state index in [1.54, 1.807) is 6.92 Å². The van der Waals surface area contributed by atoms with Crippen LogP contribution in [-0.4, -0.2) is 31.3 Å². The molecule has 17 heavy (non-hydrogen) atoms. The molecule has 0 saturated heterocycles. The second-order valence-electron chi connectivity index (χ2n) is 4.27. The Balaban J connectivity index is 3.65. The number of amides is 1. The fourth-order valence-electron chi connectivity index (χ4n) is 1.94. The molecular formula is C13H28N2O2. The standard InChI is InChI=1S/C13H28N2O2/c1-5-13(6-2,7-3)15-11-9-10-14-12(16)17-8-4/h15H,5-11H2,1-4H3,(H,14,16). The van der Waals surface area contributed by atoms with Crippen LogP contribution in [0, 0.1) is 0 Å². The van der Waals surface area contributed by atoms with Crippen LogP contribution >= 0.6 is 0 Å². The van der Waals surface area contributed by atoms with Gasteiger partial charge in [-0.25, -0.2) is 4.79 Å². The summed E-state index contributed by atoms with van der Waals surface area (Å²) in [5.74, 6) is 0. The zero-order chi connectivity index (χ0) is 13.1. The van der Waals surface area contributed by atoms with Gasteiger partial charge in [-0.15, -0.1) is 0 Å². The Hall–Kier alpha value is -0.770. The molecule has 0 unspecified atom stereocenters. The van der Waals surface area contributed by atoms with Crippen LogP contribution in [0.1, 0.15) is 53.4 Å². The van der Waals surface area contributed by atoms with Crippen LogP contribution in [0.5, 0.6) is 0 Å². The quantitative estimate of drug-likeness (QED) is 0.613. The Morgan fingerprint density at radius 2 is 1.65 bits per heavy atom. The van der Waals surface area contributed by atoms with Crippen LogP contribution in [0.3, 0.4) is 0 Å². The predicted molar refractivity (Wildman–Crippen MR) is 71.2 cm³/mol. The Bertz CT molecular complexity index is 195. The molecule has 0 saturated carbocycles. The molecule has 0 aromatic heterocycles. The summed E-state index contributed by atoms with van der Waals surface area (Å²) in [6, 6.07) is 0. The molecule has 0 atom stereocenters. The molecule has 0 aromatic carbocycles. The Kier molecular flexibility index (Phi) is 8.86. The summed E-state index contributed by atoms with van der Waals surface area (Å²) in [6.45, 7) is 10.5. The van der Waals surface area contributed by atoms with E-state index in [0.717, 1.165) is 32.2 Å². The molecule has 0 spiro atoms. The molecule has 0 rings (SSSR count). The average molecular weight is 244 g/mol. The Morgan fingerprint density at radius 3 is 2.12 bits per heavy atom. The number of carbonyl (C=O) groups is 1. The molecule has 4 heteroatoms. The van der Waals surface area contributed by atoms with E-state index in [9.17, 15) is 4.79 Å². The monoisotopic (exact) mass is 244 g/mol. The minimum atomic E-state index is -0.319. The van der Waals surface area contributed by atoms with Crippen molar-refractivity contribution in [2.75, 3.05) is 19.7 Å². The zero-order valence-corrected chi connectivity index (χ0v) is 11.8. The normalized spacial score (nSPS) is 11.3. The average Bonchev–Trinajstić information content (AvgIpc) is 2.35.